The number of nitriles is 1. The zero-order chi connectivity index (χ0) is 20.8. The van der Waals surface area contributed by atoms with Crippen molar-refractivity contribution in [1.29, 1.82) is 5.26 Å². The van der Waals surface area contributed by atoms with Crippen molar-refractivity contribution in [2.24, 2.45) is 5.14 Å². The summed E-state index contributed by atoms with van der Waals surface area (Å²) in [6.07, 6.45) is 3.89. The summed E-state index contributed by atoms with van der Waals surface area (Å²) in [6.45, 7) is -2.96. The molecule has 10 heteroatoms. The van der Waals surface area contributed by atoms with Gasteiger partial charge in [0, 0.05) is 23.7 Å². The van der Waals surface area contributed by atoms with Crippen LogP contribution >= 0.6 is 0 Å². The summed E-state index contributed by atoms with van der Waals surface area (Å²) in [6, 6.07) is 9.52. The molecule has 0 unspecified atom stereocenters. The Morgan fingerprint density at radius 1 is 1.28 bits per heavy atom. The number of nitrogens with zero attached hydrogens (tertiary/aromatic N) is 3. The fourth-order valence-electron chi connectivity index (χ4n) is 3.54. The van der Waals surface area contributed by atoms with Crippen molar-refractivity contribution in [2.75, 3.05) is 0 Å². The number of rotatable bonds is 5. The van der Waals surface area contributed by atoms with Gasteiger partial charge in [0.15, 0.2) is 0 Å². The van der Waals surface area contributed by atoms with Crippen LogP contribution in [0, 0.1) is 11.3 Å². The number of benzene rings is 1. The molecule has 1 aliphatic rings. The minimum absolute atomic E-state index is 0.000791. The van der Waals surface area contributed by atoms with Gasteiger partial charge in [-0.25, -0.2) is 13.6 Å². The van der Waals surface area contributed by atoms with Gasteiger partial charge in [0.1, 0.15) is 16.7 Å². The van der Waals surface area contributed by atoms with Gasteiger partial charge < -0.3 is 9.30 Å². The minimum Gasteiger partial charge on any atom is -0.435 e. The number of halogens is 2. The van der Waals surface area contributed by atoms with Crippen LogP contribution in [0.3, 0.4) is 0 Å². The van der Waals surface area contributed by atoms with E-state index < -0.39 is 16.6 Å². The van der Waals surface area contributed by atoms with Crippen molar-refractivity contribution in [2.45, 2.75) is 36.8 Å². The van der Waals surface area contributed by atoms with E-state index in [2.05, 4.69) is 15.8 Å². The van der Waals surface area contributed by atoms with E-state index in [9.17, 15) is 22.5 Å². The average molecular weight is 418 g/mol. The van der Waals surface area contributed by atoms with Crippen LogP contribution in [0.4, 0.5) is 8.78 Å². The van der Waals surface area contributed by atoms with Crippen molar-refractivity contribution in [3.63, 3.8) is 0 Å². The molecular formula is C19H16F2N4O3S. The molecule has 3 aromatic rings. The van der Waals surface area contributed by atoms with Crippen molar-refractivity contribution in [3.05, 3.63) is 42.1 Å². The summed E-state index contributed by atoms with van der Waals surface area (Å²) in [4.78, 5) is 4.07. The summed E-state index contributed by atoms with van der Waals surface area (Å²) < 4.78 is 54.8. The van der Waals surface area contributed by atoms with Crippen LogP contribution in [-0.4, -0.2) is 24.6 Å². The standard InChI is InChI=1S/C19H16F2N4O3S/c20-19(21)28-12-4-6-14-15(9-22)18(25(17(14)8-12)11-2-1-3-11)16-7-5-13(10-24-16)29(23,26)27/h4-8,10-11,19H,1-3H2,(H2,23,26,27). The Morgan fingerprint density at radius 2 is 2.03 bits per heavy atom. The number of primary sulfonamides is 1. The Kier molecular flexibility index (Phi) is 4.72. The Labute approximate surface area is 165 Å². The van der Waals surface area contributed by atoms with Gasteiger partial charge in [0.05, 0.1) is 22.5 Å². The number of fused-ring (bicyclic) bond motifs is 1. The number of aromatic nitrogens is 2. The van der Waals surface area contributed by atoms with Crippen LogP contribution in [0.2, 0.25) is 0 Å². The van der Waals surface area contributed by atoms with Gasteiger partial charge in [-0.2, -0.15) is 14.0 Å². The molecule has 0 spiro atoms. The molecule has 1 aromatic carbocycles. The molecule has 0 bridgehead atoms. The highest BCUT2D eigenvalue weighted by atomic mass is 32.2. The van der Waals surface area contributed by atoms with E-state index in [1.165, 1.54) is 24.3 Å². The van der Waals surface area contributed by atoms with E-state index in [1.807, 2.05) is 4.57 Å². The third-order valence-corrected chi connectivity index (χ3v) is 5.96. The van der Waals surface area contributed by atoms with E-state index in [4.69, 9.17) is 5.14 Å². The monoisotopic (exact) mass is 418 g/mol. The SMILES string of the molecule is N#Cc1c(-c2ccc(S(N)(=O)=O)cn2)n(C2CCC2)c2cc(OC(F)F)ccc12. The van der Waals surface area contributed by atoms with Crippen molar-refractivity contribution in [1.82, 2.24) is 9.55 Å². The maximum Gasteiger partial charge on any atom is 0.387 e. The number of ether oxygens (including phenoxy) is 1. The fourth-order valence-corrected chi connectivity index (χ4v) is 4.00. The largest absolute Gasteiger partial charge is 0.435 e. The quantitative estimate of drug-likeness (QED) is 0.681. The van der Waals surface area contributed by atoms with Gasteiger partial charge in [0.25, 0.3) is 0 Å². The lowest BCUT2D eigenvalue weighted by molar-refractivity contribution is -0.0497. The van der Waals surface area contributed by atoms with Crippen molar-refractivity contribution < 1.29 is 21.9 Å². The summed E-state index contributed by atoms with van der Waals surface area (Å²) in [5.41, 5.74) is 1.85. The third-order valence-electron chi connectivity index (χ3n) is 5.06. The Morgan fingerprint density at radius 3 is 2.55 bits per heavy atom. The second kappa shape index (κ2) is 7.09. The van der Waals surface area contributed by atoms with E-state index >= 15 is 0 Å². The molecule has 1 fully saturated rings. The maximum atomic E-state index is 12.7. The average Bonchev–Trinajstić information content (AvgIpc) is 2.93. The normalized spacial score (nSPS) is 14.7. The highest BCUT2D eigenvalue weighted by Crippen LogP contribution is 2.43. The lowest BCUT2D eigenvalue weighted by atomic mass is 9.92. The molecule has 2 heterocycles. The molecule has 2 aromatic heterocycles. The summed E-state index contributed by atoms with van der Waals surface area (Å²) in [7, 11) is -3.90. The first-order chi connectivity index (χ1) is 13.8. The lowest BCUT2D eigenvalue weighted by Gasteiger charge is -2.30. The minimum atomic E-state index is -3.90. The molecular weight excluding hydrogens is 402 g/mol. The van der Waals surface area contributed by atoms with Crippen LogP contribution in [0.1, 0.15) is 30.9 Å². The molecule has 2 N–H and O–H groups in total. The first kappa shape index (κ1) is 19.3. The summed E-state index contributed by atoms with van der Waals surface area (Å²) in [5, 5.41) is 15.5. The van der Waals surface area contributed by atoms with Gasteiger partial charge >= 0.3 is 6.61 Å². The molecule has 0 radical (unpaired) electrons. The highest BCUT2D eigenvalue weighted by Gasteiger charge is 2.28. The van der Waals surface area contributed by atoms with E-state index in [0.717, 1.165) is 25.5 Å². The number of nitrogens with two attached hydrogens (primary N) is 1. The summed E-state index contributed by atoms with van der Waals surface area (Å²) in [5.74, 6) is -0.000791. The van der Waals surface area contributed by atoms with E-state index in [-0.39, 0.29) is 16.7 Å². The molecule has 29 heavy (non-hydrogen) atoms. The number of hydrogen-bond donors (Lipinski definition) is 1. The van der Waals surface area contributed by atoms with Crippen LogP contribution in [0.5, 0.6) is 5.75 Å². The van der Waals surface area contributed by atoms with Crippen molar-refractivity contribution >= 4 is 20.9 Å². The molecule has 150 valence electrons. The molecule has 1 saturated carbocycles. The van der Waals surface area contributed by atoms with Gasteiger partial charge in [0.2, 0.25) is 10.0 Å². The molecule has 4 rings (SSSR count). The highest BCUT2D eigenvalue weighted by molar-refractivity contribution is 7.89. The van der Waals surface area contributed by atoms with Crippen LogP contribution in [0.15, 0.2) is 41.4 Å². The second-order valence-corrected chi connectivity index (χ2v) is 8.33. The van der Waals surface area contributed by atoms with Crippen LogP contribution in [0.25, 0.3) is 22.3 Å². The molecule has 1 aliphatic carbocycles. The van der Waals surface area contributed by atoms with Crippen molar-refractivity contribution in [3.8, 4) is 23.2 Å². The zero-order valence-electron chi connectivity index (χ0n) is 15.0. The van der Waals surface area contributed by atoms with Crippen LogP contribution in [-0.2, 0) is 10.0 Å². The Balaban J connectivity index is 1.96. The molecule has 0 aliphatic heterocycles. The smallest absolute Gasteiger partial charge is 0.387 e. The first-order valence-corrected chi connectivity index (χ1v) is 10.4. The number of sulfonamides is 1. The number of pyridine rings is 1. The zero-order valence-corrected chi connectivity index (χ0v) is 15.9. The Hall–Kier alpha value is -3.03. The fraction of sp³-hybridized carbons (Fsp3) is 0.263. The molecule has 7 nitrogen and oxygen atoms in total. The number of alkyl halides is 2. The van der Waals surface area contributed by atoms with Crippen LogP contribution < -0.4 is 9.88 Å². The van der Waals surface area contributed by atoms with Gasteiger partial charge in [-0.15, -0.1) is 0 Å². The first-order valence-electron chi connectivity index (χ1n) is 8.81. The summed E-state index contributed by atoms with van der Waals surface area (Å²) >= 11 is 0. The lowest BCUT2D eigenvalue weighted by Crippen LogP contribution is -2.18. The molecule has 0 saturated heterocycles. The third kappa shape index (κ3) is 3.43. The predicted molar refractivity (Wildman–Crippen MR) is 101 cm³/mol. The second-order valence-electron chi connectivity index (χ2n) is 6.77. The van der Waals surface area contributed by atoms with Gasteiger partial charge in [-0.05, 0) is 43.5 Å². The predicted octanol–water partition coefficient (Wildman–Crippen LogP) is 3.55. The van der Waals surface area contributed by atoms with E-state index in [0.29, 0.717) is 27.9 Å². The molecule has 0 atom stereocenters. The Bertz CT molecular complexity index is 1230. The number of hydrogen-bond acceptors (Lipinski definition) is 5. The van der Waals surface area contributed by atoms with Gasteiger partial charge in [-0.3, -0.25) is 4.98 Å². The maximum absolute atomic E-state index is 12.7. The molecule has 0 amide bonds. The van der Waals surface area contributed by atoms with Gasteiger partial charge in [-0.1, -0.05) is 0 Å². The topological polar surface area (TPSA) is 111 Å². The van der Waals surface area contributed by atoms with E-state index in [1.54, 1.807) is 6.07 Å².